The highest BCUT2D eigenvalue weighted by atomic mass is 19.1. The second kappa shape index (κ2) is 8.57. The fraction of sp³-hybridized carbons (Fsp3) is 0.389. The number of para-hydroxylation sites is 1. The Labute approximate surface area is 151 Å². The van der Waals surface area contributed by atoms with E-state index in [4.69, 9.17) is 4.74 Å². The average molecular weight is 359 g/mol. The fourth-order valence-corrected chi connectivity index (χ4v) is 2.85. The van der Waals surface area contributed by atoms with Crippen LogP contribution in [0.5, 0.6) is 0 Å². The van der Waals surface area contributed by atoms with Crippen LogP contribution in [0.15, 0.2) is 36.5 Å². The maximum absolute atomic E-state index is 13.9. The summed E-state index contributed by atoms with van der Waals surface area (Å²) in [5.74, 6) is 0.0168. The molecule has 0 aliphatic carbocycles. The summed E-state index contributed by atoms with van der Waals surface area (Å²) in [6.07, 6.45) is 1.56. The Morgan fingerprint density at radius 1 is 1.23 bits per heavy atom. The molecule has 2 heterocycles. The number of piperazine rings is 1. The molecule has 1 amide bonds. The monoisotopic (exact) mass is 359 g/mol. The first kappa shape index (κ1) is 18.1. The molecule has 2 aromatic rings. The minimum atomic E-state index is -0.241. The third-order valence-corrected chi connectivity index (χ3v) is 4.22. The number of hydrogen-bond donors (Lipinski definition) is 1. The molecule has 1 fully saturated rings. The largest absolute Gasteiger partial charge is 0.383 e. The number of anilines is 2. The van der Waals surface area contributed by atoms with Crippen molar-refractivity contribution in [2.45, 2.75) is 0 Å². The van der Waals surface area contributed by atoms with Gasteiger partial charge in [0.15, 0.2) is 0 Å². The highest BCUT2D eigenvalue weighted by molar-refractivity contribution is 5.92. The quantitative estimate of drug-likeness (QED) is 0.791. The first-order chi connectivity index (χ1) is 12.7. The Morgan fingerprint density at radius 2 is 2.00 bits per heavy atom. The van der Waals surface area contributed by atoms with E-state index in [9.17, 15) is 9.18 Å². The Morgan fingerprint density at radius 3 is 2.73 bits per heavy atom. The summed E-state index contributed by atoms with van der Waals surface area (Å²) < 4.78 is 18.9. The molecule has 8 heteroatoms. The fourth-order valence-electron chi connectivity index (χ4n) is 2.85. The number of aromatic nitrogens is 2. The van der Waals surface area contributed by atoms with Crippen molar-refractivity contribution in [3.05, 3.63) is 48.0 Å². The van der Waals surface area contributed by atoms with Gasteiger partial charge in [-0.3, -0.25) is 4.79 Å². The van der Waals surface area contributed by atoms with Crippen molar-refractivity contribution >= 4 is 17.5 Å². The molecule has 0 spiro atoms. The van der Waals surface area contributed by atoms with E-state index in [2.05, 4.69) is 15.3 Å². The zero-order valence-corrected chi connectivity index (χ0v) is 14.7. The zero-order chi connectivity index (χ0) is 18.4. The van der Waals surface area contributed by atoms with Gasteiger partial charge in [-0.2, -0.15) is 0 Å². The first-order valence-corrected chi connectivity index (χ1v) is 8.53. The molecule has 0 saturated carbocycles. The Bertz CT molecular complexity index is 750. The SMILES string of the molecule is COCCNc1nccc(C(=O)N2CCN(c3ccccc3F)CC2)n1. The predicted molar refractivity (Wildman–Crippen MR) is 96.9 cm³/mol. The number of ether oxygens (including phenoxy) is 1. The molecular weight excluding hydrogens is 337 g/mol. The van der Waals surface area contributed by atoms with Crippen molar-refractivity contribution in [3.63, 3.8) is 0 Å². The van der Waals surface area contributed by atoms with Gasteiger partial charge in [-0.1, -0.05) is 12.1 Å². The third-order valence-electron chi connectivity index (χ3n) is 4.22. The Hall–Kier alpha value is -2.74. The lowest BCUT2D eigenvalue weighted by atomic mass is 10.2. The maximum atomic E-state index is 13.9. The number of rotatable bonds is 6. The molecule has 1 aliphatic rings. The molecule has 1 saturated heterocycles. The van der Waals surface area contributed by atoms with Gasteiger partial charge >= 0.3 is 0 Å². The van der Waals surface area contributed by atoms with Crippen LogP contribution in [-0.4, -0.2) is 67.2 Å². The maximum Gasteiger partial charge on any atom is 0.272 e. The van der Waals surface area contributed by atoms with Crippen molar-refractivity contribution in [1.29, 1.82) is 0 Å². The Balaban J connectivity index is 1.60. The molecule has 1 aromatic heterocycles. The standard InChI is InChI=1S/C18H22FN5O2/c1-26-13-8-21-18-20-7-6-15(22-18)17(25)24-11-9-23(10-12-24)16-5-3-2-4-14(16)19/h2-7H,8-13H2,1H3,(H,20,21,22). The number of nitrogens with zero attached hydrogens (tertiary/aromatic N) is 4. The molecule has 0 atom stereocenters. The van der Waals surface area contributed by atoms with Crippen LogP contribution >= 0.6 is 0 Å². The van der Waals surface area contributed by atoms with E-state index in [0.29, 0.717) is 56.7 Å². The van der Waals surface area contributed by atoms with Crippen LogP contribution in [0.4, 0.5) is 16.0 Å². The summed E-state index contributed by atoms with van der Waals surface area (Å²) in [6.45, 7) is 3.29. The van der Waals surface area contributed by atoms with Gasteiger partial charge in [0.2, 0.25) is 5.95 Å². The summed E-state index contributed by atoms with van der Waals surface area (Å²) >= 11 is 0. The summed E-state index contributed by atoms with van der Waals surface area (Å²) in [6, 6.07) is 8.30. The minimum Gasteiger partial charge on any atom is -0.383 e. The van der Waals surface area contributed by atoms with E-state index in [0.717, 1.165) is 0 Å². The van der Waals surface area contributed by atoms with Crippen molar-refractivity contribution in [2.75, 3.05) is 56.7 Å². The molecule has 26 heavy (non-hydrogen) atoms. The number of methoxy groups -OCH3 is 1. The number of carbonyl (C=O) groups is 1. The lowest BCUT2D eigenvalue weighted by Crippen LogP contribution is -2.49. The first-order valence-electron chi connectivity index (χ1n) is 8.53. The van der Waals surface area contributed by atoms with Crippen LogP contribution in [0, 0.1) is 5.82 Å². The van der Waals surface area contributed by atoms with Gasteiger partial charge in [-0.05, 0) is 18.2 Å². The topological polar surface area (TPSA) is 70.6 Å². The molecule has 0 radical (unpaired) electrons. The normalized spacial score (nSPS) is 14.4. The molecule has 0 unspecified atom stereocenters. The summed E-state index contributed by atoms with van der Waals surface area (Å²) in [4.78, 5) is 24.7. The lowest BCUT2D eigenvalue weighted by Gasteiger charge is -2.36. The lowest BCUT2D eigenvalue weighted by molar-refractivity contribution is 0.0740. The molecular formula is C18H22FN5O2. The number of amides is 1. The van der Waals surface area contributed by atoms with Crippen molar-refractivity contribution in [2.24, 2.45) is 0 Å². The van der Waals surface area contributed by atoms with Crippen molar-refractivity contribution < 1.29 is 13.9 Å². The van der Waals surface area contributed by atoms with E-state index in [1.807, 2.05) is 11.0 Å². The van der Waals surface area contributed by atoms with Crippen molar-refractivity contribution in [3.8, 4) is 0 Å². The molecule has 3 rings (SSSR count). The third kappa shape index (κ3) is 4.26. The van der Waals surface area contributed by atoms with Crippen molar-refractivity contribution in [1.82, 2.24) is 14.9 Å². The van der Waals surface area contributed by atoms with Crippen LogP contribution in [0.3, 0.4) is 0 Å². The van der Waals surface area contributed by atoms with E-state index >= 15 is 0 Å². The summed E-state index contributed by atoms with van der Waals surface area (Å²) in [7, 11) is 1.61. The number of carbonyl (C=O) groups excluding carboxylic acids is 1. The van der Waals surface area contributed by atoms with Gasteiger partial charge in [0.1, 0.15) is 11.5 Å². The zero-order valence-electron chi connectivity index (χ0n) is 14.7. The van der Waals surface area contributed by atoms with E-state index < -0.39 is 0 Å². The predicted octanol–water partition coefficient (Wildman–Crippen LogP) is 1.64. The minimum absolute atomic E-state index is 0.143. The van der Waals surface area contributed by atoms with E-state index in [1.165, 1.54) is 6.07 Å². The second-order valence-corrected chi connectivity index (χ2v) is 5.92. The number of hydrogen-bond acceptors (Lipinski definition) is 6. The molecule has 1 N–H and O–H groups in total. The second-order valence-electron chi connectivity index (χ2n) is 5.92. The number of benzene rings is 1. The summed E-state index contributed by atoms with van der Waals surface area (Å²) in [5, 5.41) is 3.01. The Kier molecular flexibility index (Phi) is 5.96. The highest BCUT2D eigenvalue weighted by Gasteiger charge is 2.24. The molecule has 0 bridgehead atoms. The molecule has 7 nitrogen and oxygen atoms in total. The summed E-state index contributed by atoms with van der Waals surface area (Å²) in [5.41, 5.74) is 0.922. The molecule has 138 valence electrons. The highest BCUT2D eigenvalue weighted by Crippen LogP contribution is 2.20. The number of halogens is 1. The van der Waals surface area contributed by atoms with Gasteiger partial charge in [-0.25, -0.2) is 14.4 Å². The van der Waals surface area contributed by atoms with E-state index in [1.54, 1.807) is 36.4 Å². The van der Waals surface area contributed by atoms with E-state index in [-0.39, 0.29) is 11.7 Å². The van der Waals surface area contributed by atoms with Crippen LogP contribution in [0.2, 0.25) is 0 Å². The molecule has 1 aromatic carbocycles. The van der Waals surface area contributed by atoms with Gasteiger partial charge < -0.3 is 19.9 Å². The average Bonchev–Trinajstić information content (AvgIpc) is 2.68. The number of nitrogens with one attached hydrogen (secondary N) is 1. The van der Waals surface area contributed by atoms with Crippen LogP contribution in [0.1, 0.15) is 10.5 Å². The smallest absolute Gasteiger partial charge is 0.272 e. The van der Waals surface area contributed by atoms with Crippen LogP contribution < -0.4 is 10.2 Å². The van der Waals surface area contributed by atoms with Crippen LogP contribution in [0.25, 0.3) is 0 Å². The van der Waals surface area contributed by atoms with Crippen LogP contribution in [-0.2, 0) is 4.74 Å². The van der Waals surface area contributed by atoms with Gasteiger partial charge in [0, 0.05) is 46.0 Å². The van der Waals surface area contributed by atoms with Gasteiger partial charge in [0.05, 0.1) is 12.3 Å². The molecule has 1 aliphatic heterocycles. The van der Waals surface area contributed by atoms with Gasteiger partial charge in [0.25, 0.3) is 5.91 Å². The van der Waals surface area contributed by atoms with Gasteiger partial charge in [-0.15, -0.1) is 0 Å².